The van der Waals surface area contributed by atoms with Gasteiger partial charge in [-0.15, -0.1) is 16.4 Å². The molecule has 7 heteroatoms. The van der Waals surface area contributed by atoms with Crippen molar-refractivity contribution in [3.05, 3.63) is 26.6 Å². The van der Waals surface area contributed by atoms with Crippen molar-refractivity contribution in [3.63, 3.8) is 0 Å². The normalized spacial score (nSPS) is 10.9. The van der Waals surface area contributed by atoms with Crippen molar-refractivity contribution < 1.29 is 0 Å². The first-order chi connectivity index (χ1) is 8.20. The maximum Gasteiger partial charge on any atom is 0.343 e. The number of hydrogen-bond acceptors (Lipinski definition) is 5. The highest BCUT2D eigenvalue weighted by atomic mass is 32.2. The Morgan fingerprint density at radius 1 is 1.59 bits per heavy atom. The predicted octanol–water partition coefficient (Wildman–Crippen LogP) is 2.04. The van der Waals surface area contributed by atoms with Gasteiger partial charge in [0.1, 0.15) is 0 Å². The molecule has 0 radical (unpaired) electrons. The predicted molar refractivity (Wildman–Crippen MR) is 69.6 cm³/mol. The van der Waals surface area contributed by atoms with Crippen LogP contribution in [0.2, 0.25) is 0 Å². The molecule has 0 atom stereocenters. The summed E-state index contributed by atoms with van der Waals surface area (Å²) in [7, 11) is 0. The number of hydrogen-bond donors (Lipinski definition) is 1. The van der Waals surface area contributed by atoms with Gasteiger partial charge in [0.15, 0.2) is 5.16 Å². The summed E-state index contributed by atoms with van der Waals surface area (Å²) in [5, 5.41) is 10.3. The fourth-order valence-electron chi connectivity index (χ4n) is 1.45. The number of thioether (sulfide) groups is 1. The molecule has 0 amide bonds. The molecule has 0 bridgehead atoms. The van der Waals surface area contributed by atoms with Gasteiger partial charge in [0, 0.05) is 17.7 Å². The van der Waals surface area contributed by atoms with Crippen molar-refractivity contribution in [1.82, 2.24) is 19.7 Å². The topological polar surface area (TPSA) is 63.6 Å². The van der Waals surface area contributed by atoms with Crippen molar-refractivity contribution in [3.8, 4) is 0 Å². The van der Waals surface area contributed by atoms with E-state index < -0.39 is 0 Å². The Bertz CT molecular complexity index is 542. The second-order valence-electron chi connectivity index (χ2n) is 3.61. The molecule has 17 heavy (non-hydrogen) atoms. The number of H-pyrrole nitrogens is 1. The number of aromatic nitrogens is 4. The van der Waals surface area contributed by atoms with Crippen LogP contribution in [0, 0.1) is 6.92 Å². The molecule has 0 aromatic carbocycles. The summed E-state index contributed by atoms with van der Waals surface area (Å²) >= 11 is 3.18. The van der Waals surface area contributed by atoms with E-state index in [2.05, 4.69) is 15.2 Å². The van der Waals surface area contributed by atoms with Gasteiger partial charge in [-0.3, -0.25) is 4.57 Å². The quantitative estimate of drug-likeness (QED) is 0.844. The van der Waals surface area contributed by atoms with Crippen LogP contribution in [0.5, 0.6) is 0 Å². The lowest BCUT2D eigenvalue weighted by molar-refractivity contribution is 0.603. The molecule has 0 saturated carbocycles. The van der Waals surface area contributed by atoms with E-state index in [4.69, 9.17) is 0 Å². The van der Waals surface area contributed by atoms with Crippen LogP contribution < -0.4 is 5.69 Å². The first kappa shape index (κ1) is 12.4. The maximum absolute atomic E-state index is 11.5. The van der Waals surface area contributed by atoms with Gasteiger partial charge in [0.25, 0.3) is 0 Å². The molecule has 2 rings (SSSR count). The molecule has 2 heterocycles. The van der Waals surface area contributed by atoms with Crippen LogP contribution in [0.15, 0.2) is 15.3 Å². The summed E-state index contributed by atoms with van der Waals surface area (Å²) < 4.78 is 1.67. The van der Waals surface area contributed by atoms with Crippen LogP contribution in [-0.4, -0.2) is 19.7 Å². The fraction of sp³-hybridized carbons (Fsp3) is 0.500. The Hall–Kier alpha value is -1.08. The molecular weight excluding hydrogens is 256 g/mol. The zero-order valence-electron chi connectivity index (χ0n) is 9.77. The van der Waals surface area contributed by atoms with E-state index in [-0.39, 0.29) is 5.69 Å². The van der Waals surface area contributed by atoms with E-state index >= 15 is 0 Å². The largest absolute Gasteiger partial charge is 0.343 e. The molecule has 2 aromatic rings. The molecule has 0 fully saturated rings. The molecule has 1 N–H and O–H groups in total. The van der Waals surface area contributed by atoms with Crippen LogP contribution >= 0.6 is 23.1 Å². The summed E-state index contributed by atoms with van der Waals surface area (Å²) in [6, 6.07) is 0. The van der Waals surface area contributed by atoms with E-state index in [9.17, 15) is 4.79 Å². The Balaban J connectivity index is 2.06. The number of rotatable bonds is 5. The lowest BCUT2D eigenvalue weighted by Gasteiger charge is -2.01. The smallest absolute Gasteiger partial charge is 0.270 e. The molecular formula is C10H14N4OS2. The summed E-state index contributed by atoms with van der Waals surface area (Å²) in [6.45, 7) is 4.73. The summed E-state index contributed by atoms with van der Waals surface area (Å²) in [5.74, 6) is 0.748. The van der Waals surface area contributed by atoms with Crippen molar-refractivity contribution in [2.75, 3.05) is 0 Å². The minimum Gasteiger partial charge on any atom is -0.270 e. The van der Waals surface area contributed by atoms with Gasteiger partial charge in [-0.1, -0.05) is 18.7 Å². The summed E-state index contributed by atoms with van der Waals surface area (Å²) in [5.41, 5.74) is 0.903. The molecule has 0 aliphatic carbocycles. The first-order valence-electron chi connectivity index (χ1n) is 5.39. The molecule has 0 spiro atoms. The molecule has 0 unspecified atom stereocenters. The highest BCUT2D eigenvalue weighted by Gasteiger charge is 2.09. The zero-order valence-corrected chi connectivity index (χ0v) is 11.4. The first-order valence-corrected chi connectivity index (χ1v) is 7.26. The van der Waals surface area contributed by atoms with Crippen LogP contribution in [0.4, 0.5) is 0 Å². The lowest BCUT2D eigenvalue weighted by Crippen LogP contribution is -2.17. The average molecular weight is 270 g/mol. The van der Waals surface area contributed by atoms with Crippen molar-refractivity contribution in [2.45, 2.75) is 37.7 Å². The average Bonchev–Trinajstić information content (AvgIpc) is 2.86. The monoisotopic (exact) mass is 270 g/mol. The second-order valence-corrected chi connectivity index (χ2v) is 5.61. The Kier molecular flexibility index (Phi) is 4.01. The minimum atomic E-state index is -0.135. The van der Waals surface area contributed by atoms with Crippen molar-refractivity contribution in [1.29, 1.82) is 0 Å². The van der Waals surface area contributed by atoms with Gasteiger partial charge in [0.2, 0.25) is 0 Å². The highest BCUT2D eigenvalue weighted by molar-refractivity contribution is 7.98. The van der Waals surface area contributed by atoms with Crippen molar-refractivity contribution >= 4 is 23.1 Å². The second kappa shape index (κ2) is 5.50. The standard InChI is InChI=1S/C10H14N4OS2/c1-3-4-14-9(15)12-13-10(14)17-6-8-5-16-7(2)11-8/h5H,3-4,6H2,1-2H3,(H,12,15). The Morgan fingerprint density at radius 3 is 3.06 bits per heavy atom. The SMILES string of the molecule is CCCn1c(SCc2csc(C)n2)n[nH]c1=O. The van der Waals surface area contributed by atoms with E-state index in [0.29, 0.717) is 6.54 Å². The Morgan fingerprint density at radius 2 is 2.41 bits per heavy atom. The van der Waals surface area contributed by atoms with Gasteiger partial charge in [-0.05, 0) is 13.3 Å². The number of thiazole rings is 1. The Labute approximate surface area is 107 Å². The van der Waals surface area contributed by atoms with Crippen molar-refractivity contribution in [2.24, 2.45) is 0 Å². The van der Waals surface area contributed by atoms with Gasteiger partial charge < -0.3 is 0 Å². The molecule has 0 aliphatic heterocycles. The molecule has 0 aliphatic rings. The van der Waals surface area contributed by atoms with Crippen LogP contribution in [-0.2, 0) is 12.3 Å². The van der Waals surface area contributed by atoms with Crippen LogP contribution in [0.1, 0.15) is 24.0 Å². The van der Waals surface area contributed by atoms with Crippen LogP contribution in [0.25, 0.3) is 0 Å². The van der Waals surface area contributed by atoms with Gasteiger partial charge in [-0.25, -0.2) is 14.9 Å². The highest BCUT2D eigenvalue weighted by Crippen LogP contribution is 2.20. The molecule has 2 aromatic heterocycles. The maximum atomic E-state index is 11.5. The number of nitrogens with zero attached hydrogens (tertiary/aromatic N) is 3. The fourth-order valence-corrected chi connectivity index (χ4v) is 3.03. The van der Waals surface area contributed by atoms with Gasteiger partial charge in [0.05, 0.1) is 10.7 Å². The summed E-state index contributed by atoms with van der Waals surface area (Å²) in [4.78, 5) is 15.8. The third kappa shape index (κ3) is 2.98. The van der Waals surface area contributed by atoms with Crippen LogP contribution in [0.3, 0.4) is 0 Å². The van der Waals surface area contributed by atoms with E-state index in [0.717, 1.165) is 28.0 Å². The number of aryl methyl sites for hydroxylation is 1. The minimum absolute atomic E-state index is 0.135. The zero-order chi connectivity index (χ0) is 12.3. The van der Waals surface area contributed by atoms with E-state index in [1.165, 1.54) is 11.8 Å². The van der Waals surface area contributed by atoms with E-state index in [1.807, 2.05) is 19.2 Å². The molecule has 5 nitrogen and oxygen atoms in total. The number of aromatic amines is 1. The van der Waals surface area contributed by atoms with E-state index in [1.54, 1.807) is 15.9 Å². The molecule has 92 valence electrons. The third-order valence-corrected chi connectivity index (χ3v) is 4.02. The van der Waals surface area contributed by atoms with Gasteiger partial charge in [-0.2, -0.15) is 0 Å². The lowest BCUT2D eigenvalue weighted by atomic mass is 10.5. The number of nitrogens with one attached hydrogen (secondary N) is 1. The third-order valence-electron chi connectivity index (χ3n) is 2.19. The van der Waals surface area contributed by atoms with Gasteiger partial charge >= 0.3 is 5.69 Å². The molecule has 0 saturated heterocycles. The summed E-state index contributed by atoms with van der Waals surface area (Å²) in [6.07, 6.45) is 0.919.